The lowest BCUT2D eigenvalue weighted by Crippen LogP contribution is -2.45. The van der Waals surface area contributed by atoms with Crippen LogP contribution in [0.5, 0.6) is 5.75 Å². The predicted octanol–water partition coefficient (Wildman–Crippen LogP) is 4.06. The number of anilines is 1. The third-order valence-electron chi connectivity index (χ3n) is 6.12. The van der Waals surface area contributed by atoms with Gasteiger partial charge in [-0.25, -0.2) is 0 Å². The summed E-state index contributed by atoms with van der Waals surface area (Å²) in [7, 11) is 1.65. The normalized spacial score (nSPS) is 14.0. The lowest BCUT2D eigenvalue weighted by atomic mass is 10.0. The second kappa shape index (κ2) is 11.7. The van der Waals surface area contributed by atoms with Gasteiger partial charge in [-0.15, -0.1) is 11.3 Å². The Morgan fingerprint density at radius 3 is 2.50 bits per heavy atom. The van der Waals surface area contributed by atoms with Crippen LogP contribution in [0.1, 0.15) is 33.6 Å². The van der Waals surface area contributed by atoms with E-state index in [9.17, 15) is 9.59 Å². The number of hydrogen-bond acceptors (Lipinski definition) is 5. The van der Waals surface area contributed by atoms with Gasteiger partial charge in [0.1, 0.15) is 5.75 Å². The summed E-state index contributed by atoms with van der Waals surface area (Å²) in [6, 6.07) is 19.8. The number of rotatable bonds is 9. The van der Waals surface area contributed by atoms with E-state index in [1.165, 1.54) is 0 Å². The summed E-state index contributed by atoms with van der Waals surface area (Å²) in [6.07, 6.45) is 2.93. The second-order valence-electron chi connectivity index (χ2n) is 8.46. The second-order valence-corrected chi connectivity index (χ2v) is 9.49. The Labute approximate surface area is 204 Å². The average Bonchev–Trinajstić information content (AvgIpc) is 3.38. The molecule has 3 aromatic rings. The van der Waals surface area contributed by atoms with Crippen LogP contribution in [0, 0.1) is 0 Å². The number of para-hydroxylation sites is 1. The van der Waals surface area contributed by atoms with E-state index in [1.807, 2.05) is 66.0 Å². The van der Waals surface area contributed by atoms with Gasteiger partial charge in [0.05, 0.1) is 19.1 Å². The van der Waals surface area contributed by atoms with Crippen molar-refractivity contribution in [2.24, 2.45) is 0 Å². The molecule has 1 aliphatic heterocycles. The Balaban J connectivity index is 1.27. The van der Waals surface area contributed by atoms with Crippen LogP contribution in [-0.4, -0.2) is 44.6 Å². The van der Waals surface area contributed by atoms with Gasteiger partial charge >= 0.3 is 0 Å². The largest absolute Gasteiger partial charge is 0.497 e. The molecule has 7 heteroatoms. The number of carbonyl (C=O) groups is 2. The molecule has 1 fully saturated rings. The van der Waals surface area contributed by atoms with Crippen molar-refractivity contribution in [2.45, 2.75) is 31.7 Å². The van der Waals surface area contributed by atoms with E-state index >= 15 is 0 Å². The van der Waals surface area contributed by atoms with Crippen LogP contribution in [-0.2, 0) is 17.6 Å². The molecule has 178 valence electrons. The molecule has 0 saturated carbocycles. The number of benzene rings is 2. The summed E-state index contributed by atoms with van der Waals surface area (Å²) in [5.41, 5.74) is 2.79. The van der Waals surface area contributed by atoms with Crippen LogP contribution >= 0.6 is 11.3 Å². The maximum atomic E-state index is 12.9. The van der Waals surface area contributed by atoms with E-state index in [4.69, 9.17) is 4.74 Å². The minimum Gasteiger partial charge on any atom is -0.497 e. The molecular formula is C27H31N3O3S. The molecule has 0 atom stereocenters. The summed E-state index contributed by atoms with van der Waals surface area (Å²) >= 11 is 1.61. The number of nitrogens with one attached hydrogen (secondary N) is 2. The maximum absolute atomic E-state index is 12.9. The van der Waals surface area contributed by atoms with Gasteiger partial charge in [0.15, 0.2) is 0 Å². The highest BCUT2D eigenvalue weighted by atomic mass is 32.1. The SMILES string of the molecule is COc1ccc(CCNC(=O)c2ccccc2N2CCC(NC(=O)Cc3cccs3)CC2)cc1. The van der Waals surface area contributed by atoms with Gasteiger partial charge in [0, 0.05) is 36.2 Å². The first-order valence-electron chi connectivity index (χ1n) is 11.7. The monoisotopic (exact) mass is 477 g/mol. The molecule has 2 heterocycles. The third kappa shape index (κ3) is 6.38. The Bertz CT molecular complexity index is 1070. The Morgan fingerprint density at radius 1 is 1.03 bits per heavy atom. The number of thiophene rings is 1. The predicted molar refractivity (Wildman–Crippen MR) is 137 cm³/mol. The third-order valence-corrected chi connectivity index (χ3v) is 7.00. The fraction of sp³-hybridized carbons (Fsp3) is 0.333. The molecule has 6 nitrogen and oxygen atoms in total. The van der Waals surface area contributed by atoms with Gasteiger partial charge in [-0.3, -0.25) is 9.59 Å². The molecule has 2 aromatic carbocycles. The molecule has 2 amide bonds. The van der Waals surface area contributed by atoms with Crippen LogP contribution in [0.3, 0.4) is 0 Å². The quantitative estimate of drug-likeness (QED) is 0.488. The lowest BCUT2D eigenvalue weighted by molar-refractivity contribution is -0.121. The fourth-order valence-corrected chi connectivity index (χ4v) is 4.97. The Kier molecular flexibility index (Phi) is 8.20. The standard InChI is InChI=1S/C27H31N3O3S/c1-33-22-10-8-20(9-11-22)12-15-28-27(32)24-6-2-3-7-25(24)30-16-13-21(14-17-30)29-26(31)19-23-5-4-18-34-23/h2-11,18,21H,12-17,19H2,1H3,(H,28,32)(H,29,31). The van der Waals surface area contributed by atoms with Crippen molar-refractivity contribution in [3.8, 4) is 5.75 Å². The van der Waals surface area contributed by atoms with Crippen molar-refractivity contribution in [1.29, 1.82) is 0 Å². The van der Waals surface area contributed by atoms with E-state index in [-0.39, 0.29) is 17.9 Å². The molecule has 0 radical (unpaired) electrons. The van der Waals surface area contributed by atoms with Crippen molar-refractivity contribution in [1.82, 2.24) is 10.6 Å². The number of nitrogens with zero attached hydrogens (tertiary/aromatic N) is 1. The Hall–Kier alpha value is -3.32. The van der Waals surface area contributed by atoms with Gasteiger partial charge in [0.25, 0.3) is 5.91 Å². The molecule has 0 bridgehead atoms. The van der Waals surface area contributed by atoms with Crippen LogP contribution in [0.2, 0.25) is 0 Å². The van der Waals surface area contributed by atoms with Gasteiger partial charge < -0.3 is 20.3 Å². The molecule has 4 rings (SSSR count). The number of carbonyl (C=O) groups excluding carboxylic acids is 2. The van der Waals surface area contributed by atoms with Crippen LogP contribution in [0.15, 0.2) is 66.0 Å². The number of amides is 2. The molecule has 2 N–H and O–H groups in total. The highest BCUT2D eigenvalue weighted by Crippen LogP contribution is 2.24. The van der Waals surface area contributed by atoms with Crippen molar-refractivity contribution in [3.63, 3.8) is 0 Å². The molecular weight excluding hydrogens is 446 g/mol. The van der Waals surface area contributed by atoms with Crippen LogP contribution in [0.25, 0.3) is 0 Å². The summed E-state index contributed by atoms with van der Waals surface area (Å²) < 4.78 is 5.19. The topological polar surface area (TPSA) is 70.7 Å². The molecule has 34 heavy (non-hydrogen) atoms. The molecule has 1 aromatic heterocycles. The van der Waals surface area contributed by atoms with Crippen molar-refractivity contribution in [2.75, 3.05) is 31.6 Å². The average molecular weight is 478 g/mol. The van der Waals surface area contributed by atoms with Crippen LogP contribution < -0.4 is 20.3 Å². The van der Waals surface area contributed by atoms with E-state index in [0.29, 0.717) is 18.5 Å². The Morgan fingerprint density at radius 2 is 1.79 bits per heavy atom. The number of methoxy groups -OCH3 is 1. The smallest absolute Gasteiger partial charge is 0.253 e. The number of hydrogen-bond donors (Lipinski definition) is 2. The van der Waals surface area contributed by atoms with E-state index in [0.717, 1.165) is 54.2 Å². The first-order chi connectivity index (χ1) is 16.6. The highest BCUT2D eigenvalue weighted by Gasteiger charge is 2.23. The first kappa shape index (κ1) is 23.8. The molecule has 0 aliphatic carbocycles. The van der Waals surface area contributed by atoms with Crippen molar-refractivity contribution >= 4 is 28.8 Å². The van der Waals surface area contributed by atoms with E-state index in [2.05, 4.69) is 15.5 Å². The summed E-state index contributed by atoms with van der Waals surface area (Å²) in [5, 5.41) is 8.22. The van der Waals surface area contributed by atoms with Gasteiger partial charge in [-0.2, -0.15) is 0 Å². The minimum atomic E-state index is -0.0597. The van der Waals surface area contributed by atoms with E-state index in [1.54, 1.807) is 18.4 Å². The van der Waals surface area contributed by atoms with Gasteiger partial charge in [-0.05, 0) is 60.5 Å². The fourth-order valence-electron chi connectivity index (χ4n) is 4.26. The first-order valence-corrected chi connectivity index (χ1v) is 12.6. The summed E-state index contributed by atoms with van der Waals surface area (Å²) in [5.74, 6) is 0.848. The highest BCUT2D eigenvalue weighted by molar-refractivity contribution is 7.10. The molecule has 1 aliphatic rings. The number of ether oxygens (including phenoxy) is 1. The molecule has 0 spiro atoms. The van der Waals surface area contributed by atoms with Crippen molar-refractivity contribution < 1.29 is 14.3 Å². The zero-order chi connectivity index (χ0) is 23.8. The van der Waals surface area contributed by atoms with Crippen LogP contribution in [0.4, 0.5) is 5.69 Å². The maximum Gasteiger partial charge on any atom is 0.253 e. The van der Waals surface area contributed by atoms with E-state index < -0.39 is 0 Å². The lowest BCUT2D eigenvalue weighted by Gasteiger charge is -2.35. The zero-order valence-corrected chi connectivity index (χ0v) is 20.3. The van der Waals surface area contributed by atoms with Gasteiger partial charge in [-0.1, -0.05) is 30.3 Å². The molecule has 1 saturated heterocycles. The molecule has 0 unspecified atom stereocenters. The minimum absolute atomic E-state index is 0.0597. The zero-order valence-electron chi connectivity index (χ0n) is 19.5. The van der Waals surface area contributed by atoms with Gasteiger partial charge in [0.2, 0.25) is 5.91 Å². The summed E-state index contributed by atoms with van der Waals surface area (Å²) in [6.45, 7) is 2.18. The summed E-state index contributed by atoms with van der Waals surface area (Å²) in [4.78, 5) is 28.6. The number of piperidine rings is 1. The van der Waals surface area contributed by atoms with Crippen molar-refractivity contribution in [3.05, 3.63) is 82.0 Å².